The molecule has 0 aromatic heterocycles. The van der Waals surface area contributed by atoms with Gasteiger partial charge in [0.15, 0.2) is 0 Å². The molecule has 0 aliphatic heterocycles. The number of methoxy groups -OCH3 is 1. The summed E-state index contributed by atoms with van der Waals surface area (Å²) in [7, 11) is 1.62. The Bertz CT molecular complexity index is 1050. The van der Waals surface area contributed by atoms with Crippen LogP contribution in [0.15, 0.2) is 48.5 Å². The molecule has 8 heteroatoms. The van der Waals surface area contributed by atoms with Crippen LogP contribution in [-0.2, 0) is 19.1 Å². The number of rotatable bonds is 8. The smallest absolute Gasteiger partial charge is 0.407 e. The van der Waals surface area contributed by atoms with E-state index in [0.717, 1.165) is 22.3 Å². The number of hydrogen-bond acceptors (Lipinski definition) is 5. The van der Waals surface area contributed by atoms with Crippen LogP contribution in [0.1, 0.15) is 43.7 Å². The highest BCUT2D eigenvalue weighted by Crippen LogP contribution is 2.44. The quantitative estimate of drug-likeness (QED) is 0.550. The first-order chi connectivity index (χ1) is 16.2. The van der Waals surface area contributed by atoms with E-state index in [1.54, 1.807) is 7.11 Å². The van der Waals surface area contributed by atoms with Gasteiger partial charge in [-0.15, -0.1) is 0 Å². The predicted octanol–water partition coefficient (Wildman–Crippen LogP) is 3.30. The molecule has 3 unspecified atom stereocenters. The van der Waals surface area contributed by atoms with Crippen molar-refractivity contribution in [1.29, 1.82) is 0 Å². The second-order valence-electron chi connectivity index (χ2n) is 9.46. The number of carbonyl (C=O) groups excluding carboxylic acids is 2. The maximum atomic E-state index is 12.8. The van der Waals surface area contributed by atoms with Crippen molar-refractivity contribution in [2.24, 2.45) is 5.41 Å². The molecule has 3 atom stereocenters. The number of carboxylic acids is 1. The Morgan fingerprint density at radius 3 is 2.18 bits per heavy atom. The van der Waals surface area contributed by atoms with Crippen LogP contribution in [0, 0.1) is 5.41 Å². The third-order valence-corrected chi connectivity index (χ3v) is 7.11. The van der Waals surface area contributed by atoms with Gasteiger partial charge in [-0.1, -0.05) is 62.4 Å². The van der Waals surface area contributed by atoms with Crippen molar-refractivity contribution in [3.8, 4) is 11.1 Å². The Labute approximate surface area is 198 Å². The summed E-state index contributed by atoms with van der Waals surface area (Å²) in [6.45, 7) is 4.02. The van der Waals surface area contributed by atoms with Crippen LogP contribution in [0.4, 0.5) is 4.79 Å². The van der Waals surface area contributed by atoms with E-state index in [2.05, 4.69) is 10.6 Å². The van der Waals surface area contributed by atoms with E-state index in [1.807, 2.05) is 62.4 Å². The number of fused-ring (bicyclic) bond motifs is 3. The largest absolute Gasteiger partial charge is 0.481 e. The van der Waals surface area contributed by atoms with Crippen molar-refractivity contribution >= 4 is 18.0 Å². The van der Waals surface area contributed by atoms with Crippen molar-refractivity contribution in [2.75, 3.05) is 13.7 Å². The summed E-state index contributed by atoms with van der Waals surface area (Å²) in [6.07, 6.45) is -0.742. The molecule has 1 saturated carbocycles. The molecule has 0 bridgehead atoms. The molecular formula is C26H30N2O6. The number of aliphatic carboxylic acids is 1. The Morgan fingerprint density at radius 2 is 1.65 bits per heavy atom. The monoisotopic (exact) mass is 466 g/mol. The van der Waals surface area contributed by atoms with Crippen molar-refractivity contribution in [1.82, 2.24) is 10.6 Å². The molecular weight excluding hydrogens is 436 g/mol. The van der Waals surface area contributed by atoms with Gasteiger partial charge in [-0.2, -0.15) is 0 Å². The van der Waals surface area contributed by atoms with E-state index in [1.165, 1.54) is 0 Å². The Balaban J connectivity index is 1.39. The SMILES string of the molecule is COC1CC(NC(=O)C(CC(=O)O)NC(=O)OCC2c3ccccc3-c3ccccc32)C1(C)C. The summed E-state index contributed by atoms with van der Waals surface area (Å²) in [6, 6.07) is 14.5. The van der Waals surface area contributed by atoms with Crippen LogP contribution >= 0.6 is 0 Å². The van der Waals surface area contributed by atoms with Crippen molar-refractivity contribution < 1.29 is 29.0 Å². The summed E-state index contributed by atoms with van der Waals surface area (Å²) in [5.74, 6) is -1.88. The number of ether oxygens (including phenoxy) is 2. The van der Waals surface area contributed by atoms with Crippen LogP contribution in [0.3, 0.4) is 0 Å². The molecule has 3 N–H and O–H groups in total. The zero-order chi connectivity index (χ0) is 24.5. The van der Waals surface area contributed by atoms with Gasteiger partial charge >= 0.3 is 12.1 Å². The molecule has 4 rings (SSSR count). The molecule has 0 heterocycles. The fourth-order valence-electron chi connectivity index (χ4n) is 4.97. The molecule has 34 heavy (non-hydrogen) atoms. The fraction of sp³-hybridized carbons (Fsp3) is 0.423. The fourth-order valence-corrected chi connectivity index (χ4v) is 4.97. The minimum absolute atomic E-state index is 0.00538. The Hall–Kier alpha value is -3.39. The number of nitrogens with one attached hydrogen (secondary N) is 2. The van der Waals surface area contributed by atoms with Crippen molar-refractivity contribution in [3.05, 3.63) is 59.7 Å². The van der Waals surface area contributed by atoms with Crippen molar-refractivity contribution in [2.45, 2.75) is 50.8 Å². The Morgan fingerprint density at radius 1 is 1.06 bits per heavy atom. The second kappa shape index (κ2) is 9.46. The van der Waals surface area contributed by atoms with Crippen LogP contribution in [0.2, 0.25) is 0 Å². The average Bonchev–Trinajstić information content (AvgIpc) is 3.13. The van der Waals surface area contributed by atoms with Gasteiger partial charge in [0.05, 0.1) is 12.5 Å². The third kappa shape index (κ3) is 4.50. The van der Waals surface area contributed by atoms with E-state index in [4.69, 9.17) is 9.47 Å². The summed E-state index contributed by atoms with van der Waals surface area (Å²) < 4.78 is 10.9. The van der Waals surface area contributed by atoms with Crippen LogP contribution in [0.5, 0.6) is 0 Å². The molecule has 2 aromatic carbocycles. The van der Waals surface area contributed by atoms with Gasteiger partial charge in [0.25, 0.3) is 0 Å². The highest BCUT2D eigenvalue weighted by Gasteiger charge is 2.49. The van der Waals surface area contributed by atoms with Gasteiger partial charge in [-0.3, -0.25) is 9.59 Å². The first kappa shape index (κ1) is 23.8. The number of carbonyl (C=O) groups is 3. The maximum Gasteiger partial charge on any atom is 0.407 e. The highest BCUT2D eigenvalue weighted by atomic mass is 16.5. The van der Waals surface area contributed by atoms with E-state index in [-0.39, 0.29) is 30.1 Å². The predicted molar refractivity (Wildman–Crippen MR) is 125 cm³/mol. The molecule has 2 amide bonds. The first-order valence-electron chi connectivity index (χ1n) is 11.4. The topological polar surface area (TPSA) is 114 Å². The van der Waals surface area contributed by atoms with Crippen LogP contribution < -0.4 is 10.6 Å². The molecule has 0 spiro atoms. The van der Waals surface area contributed by atoms with E-state index >= 15 is 0 Å². The zero-order valence-corrected chi connectivity index (χ0v) is 19.5. The lowest BCUT2D eigenvalue weighted by Gasteiger charge is -2.51. The molecule has 2 aliphatic carbocycles. The maximum absolute atomic E-state index is 12.8. The third-order valence-electron chi connectivity index (χ3n) is 7.11. The molecule has 2 aliphatic rings. The van der Waals surface area contributed by atoms with Gasteiger partial charge in [0.2, 0.25) is 5.91 Å². The lowest BCUT2D eigenvalue weighted by Crippen LogP contribution is -2.64. The zero-order valence-electron chi connectivity index (χ0n) is 19.5. The highest BCUT2D eigenvalue weighted by molar-refractivity contribution is 5.89. The van der Waals surface area contributed by atoms with E-state index in [0.29, 0.717) is 6.42 Å². The minimum atomic E-state index is -1.24. The minimum Gasteiger partial charge on any atom is -0.481 e. The molecule has 180 valence electrons. The molecule has 2 aromatic rings. The number of amides is 2. The average molecular weight is 467 g/mol. The van der Waals surface area contributed by atoms with Crippen molar-refractivity contribution in [3.63, 3.8) is 0 Å². The lowest BCUT2D eigenvalue weighted by atomic mass is 9.64. The molecule has 8 nitrogen and oxygen atoms in total. The molecule has 0 radical (unpaired) electrons. The van der Waals surface area contributed by atoms with Gasteiger partial charge in [-0.05, 0) is 28.7 Å². The summed E-state index contributed by atoms with van der Waals surface area (Å²) >= 11 is 0. The van der Waals surface area contributed by atoms with Gasteiger partial charge < -0.3 is 25.2 Å². The lowest BCUT2D eigenvalue weighted by molar-refractivity contribution is -0.142. The summed E-state index contributed by atoms with van der Waals surface area (Å²) in [4.78, 5) is 36.7. The second-order valence-corrected chi connectivity index (χ2v) is 9.46. The number of hydrogen-bond donors (Lipinski definition) is 3. The Kier molecular flexibility index (Phi) is 6.61. The molecule has 0 saturated heterocycles. The van der Waals surface area contributed by atoms with E-state index < -0.39 is 30.4 Å². The molecule has 1 fully saturated rings. The first-order valence-corrected chi connectivity index (χ1v) is 11.4. The number of alkyl carbamates (subject to hydrolysis) is 1. The van der Waals surface area contributed by atoms with Gasteiger partial charge in [0, 0.05) is 24.5 Å². The standard InChI is InChI=1S/C26H30N2O6/c1-26(2)21(13-22(26)33-3)28-24(31)20(12-23(29)30)27-25(32)34-14-19-17-10-6-4-8-15(17)16-9-5-7-11-18(16)19/h4-11,19-22H,12-14H2,1-3H3,(H,27,32)(H,28,31)(H,29,30). The van der Waals surface area contributed by atoms with Gasteiger partial charge in [-0.25, -0.2) is 4.79 Å². The number of carboxylic acid groups (broad SMARTS) is 1. The summed E-state index contributed by atoms with van der Waals surface area (Å²) in [5.41, 5.74) is 4.05. The summed E-state index contributed by atoms with van der Waals surface area (Å²) in [5, 5.41) is 14.6. The van der Waals surface area contributed by atoms with Crippen LogP contribution in [-0.4, -0.2) is 55.0 Å². The van der Waals surface area contributed by atoms with E-state index in [9.17, 15) is 19.5 Å². The van der Waals surface area contributed by atoms with Gasteiger partial charge in [0.1, 0.15) is 12.6 Å². The number of benzene rings is 2. The van der Waals surface area contributed by atoms with Crippen LogP contribution in [0.25, 0.3) is 11.1 Å². The normalized spacial score (nSPS) is 20.9.